The van der Waals surface area contributed by atoms with Crippen molar-refractivity contribution in [2.24, 2.45) is 0 Å². The topological polar surface area (TPSA) is 61.8 Å². The maximum Gasteiger partial charge on any atom is 0.342 e. The number of Topliss-reactive ketones (excluding diaryl/α,β-unsaturated/α-hetero) is 1. The van der Waals surface area contributed by atoms with E-state index in [9.17, 15) is 9.59 Å². The summed E-state index contributed by atoms with van der Waals surface area (Å²) in [7, 11) is 0. The lowest BCUT2D eigenvalue weighted by molar-refractivity contribution is -0.141. The fourth-order valence-electron chi connectivity index (χ4n) is 2.27. The van der Waals surface area contributed by atoms with E-state index in [2.05, 4.69) is 0 Å². The summed E-state index contributed by atoms with van der Waals surface area (Å²) < 4.78 is 15.8. The van der Waals surface area contributed by atoms with Gasteiger partial charge in [0.05, 0.1) is 0 Å². The molecule has 0 radical (unpaired) electrons. The zero-order chi connectivity index (χ0) is 16.9. The molecule has 0 N–H and O–H groups in total. The number of rotatable bonds is 5. The van der Waals surface area contributed by atoms with Crippen molar-refractivity contribution < 1.29 is 23.8 Å². The predicted molar refractivity (Wildman–Crippen MR) is 87.5 cm³/mol. The number of fused-ring (bicyclic) bond motifs is 1. The molecule has 0 aromatic heterocycles. The lowest BCUT2D eigenvalue weighted by Gasteiger charge is -2.07. The minimum atomic E-state index is -0.649. The molecule has 5 heteroatoms. The van der Waals surface area contributed by atoms with Crippen LogP contribution < -0.4 is 9.47 Å². The van der Waals surface area contributed by atoms with Crippen LogP contribution in [0.2, 0.25) is 0 Å². The van der Waals surface area contributed by atoms with Crippen molar-refractivity contribution in [3.8, 4) is 11.5 Å². The molecule has 0 saturated heterocycles. The second kappa shape index (κ2) is 7.00. The fourth-order valence-corrected chi connectivity index (χ4v) is 2.27. The van der Waals surface area contributed by atoms with E-state index in [4.69, 9.17) is 14.2 Å². The Morgan fingerprint density at radius 1 is 1.08 bits per heavy atom. The van der Waals surface area contributed by atoms with Crippen molar-refractivity contribution in [2.75, 3.05) is 6.79 Å². The Hall–Kier alpha value is -3.08. The van der Waals surface area contributed by atoms with Crippen LogP contribution in [0.4, 0.5) is 0 Å². The molecule has 0 atom stereocenters. The lowest BCUT2D eigenvalue weighted by atomic mass is 10.1. The van der Waals surface area contributed by atoms with Crippen molar-refractivity contribution in [1.82, 2.24) is 0 Å². The molecule has 0 bridgehead atoms. The first-order valence-electron chi connectivity index (χ1n) is 7.47. The van der Waals surface area contributed by atoms with Gasteiger partial charge in [-0.3, -0.25) is 4.79 Å². The Balaban J connectivity index is 1.76. The molecular weight excluding hydrogens is 308 g/mol. The Morgan fingerprint density at radius 2 is 1.83 bits per heavy atom. The fraction of sp³-hybridized carbons (Fsp3) is 0.158. The molecule has 0 saturated carbocycles. The molecule has 24 heavy (non-hydrogen) atoms. The first-order chi connectivity index (χ1) is 11.6. The van der Waals surface area contributed by atoms with Gasteiger partial charge in [-0.1, -0.05) is 36.4 Å². The van der Waals surface area contributed by atoms with Crippen LogP contribution in [0.3, 0.4) is 0 Å². The van der Waals surface area contributed by atoms with Crippen molar-refractivity contribution in [3.05, 3.63) is 65.2 Å². The molecule has 2 aromatic carbocycles. The highest BCUT2D eigenvalue weighted by Crippen LogP contribution is 2.33. The largest absolute Gasteiger partial charge is 0.457 e. The zero-order valence-electron chi connectivity index (χ0n) is 13.2. The Bertz CT molecular complexity index is 793. The van der Waals surface area contributed by atoms with E-state index < -0.39 is 5.97 Å². The number of hydrogen-bond donors (Lipinski definition) is 0. The third-order valence-electron chi connectivity index (χ3n) is 3.52. The van der Waals surface area contributed by atoms with Crippen molar-refractivity contribution >= 4 is 17.8 Å². The van der Waals surface area contributed by atoms with Gasteiger partial charge in [0.1, 0.15) is 12.2 Å². The molecule has 3 rings (SSSR count). The molecular formula is C19H16O5. The van der Waals surface area contributed by atoms with Gasteiger partial charge in [0.25, 0.3) is 0 Å². The van der Waals surface area contributed by atoms with E-state index in [-0.39, 0.29) is 24.8 Å². The van der Waals surface area contributed by atoms with E-state index in [0.717, 1.165) is 5.56 Å². The average Bonchev–Trinajstić information content (AvgIpc) is 3.06. The predicted octanol–water partition coefficient (Wildman–Crippen LogP) is 3.13. The summed E-state index contributed by atoms with van der Waals surface area (Å²) in [5, 5.41) is 0. The van der Waals surface area contributed by atoms with Gasteiger partial charge in [0.15, 0.2) is 17.3 Å². The SMILES string of the molecule is CC(=O)C(=Cc1ccc2c(c1)OCO2)C(=O)OCc1ccccc1. The highest BCUT2D eigenvalue weighted by molar-refractivity contribution is 6.19. The van der Waals surface area contributed by atoms with Crippen LogP contribution in [-0.4, -0.2) is 18.5 Å². The molecule has 0 amide bonds. The molecule has 0 spiro atoms. The van der Waals surface area contributed by atoms with E-state index in [1.165, 1.54) is 13.0 Å². The summed E-state index contributed by atoms with van der Waals surface area (Å²) in [6.07, 6.45) is 1.50. The normalized spacial score (nSPS) is 12.8. The molecule has 0 aliphatic carbocycles. The number of ether oxygens (including phenoxy) is 3. The van der Waals surface area contributed by atoms with Crippen LogP contribution in [-0.2, 0) is 20.9 Å². The standard InChI is InChI=1S/C19H16O5/c1-13(20)16(19(21)22-11-14-5-3-2-4-6-14)9-15-7-8-17-18(10-15)24-12-23-17/h2-10H,11-12H2,1H3. The number of hydrogen-bond acceptors (Lipinski definition) is 5. The Labute approximate surface area is 139 Å². The van der Waals surface area contributed by atoms with Crippen LogP contribution in [0, 0.1) is 0 Å². The number of esters is 1. The molecule has 0 fully saturated rings. The molecule has 1 aliphatic rings. The van der Waals surface area contributed by atoms with Crippen molar-refractivity contribution in [3.63, 3.8) is 0 Å². The molecule has 0 unspecified atom stereocenters. The molecule has 1 aliphatic heterocycles. The van der Waals surface area contributed by atoms with Crippen LogP contribution in [0.25, 0.3) is 6.08 Å². The Morgan fingerprint density at radius 3 is 2.58 bits per heavy atom. The number of ketones is 1. The molecule has 2 aromatic rings. The lowest BCUT2D eigenvalue weighted by Crippen LogP contribution is -2.13. The van der Waals surface area contributed by atoms with Crippen LogP contribution in [0.15, 0.2) is 54.1 Å². The van der Waals surface area contributed by atoms with E-state index >= 15 is 0 Å². The van der Waals surface area contributed by atoms with E-state index in [1.54, 1.807) is 18.2 Å². The monoisotopic (exact) mass is 324 g/mol. The summed E-state index contributed by atoms with van der Waals surface area (Å²) >= 11 is 0. The van der Waals surface area contributed by atoms with Gasteiger partial charge in [0.2, 0.25) is 6.79 Å². The quantitative estimate of drug-likeness (QED) is 0.366. The van der Waals surface area contributed by atoms with Crippen LogP contribution in [0.5, 0.6) is 11.5 Å². The second-order valence-electron chi connectivity index (χ2n) is 5.29. The minimum Gasteiger partial charge on any atom is -0.457 e. The maximum atomic E-state index is 12.2. The summed E-state index contributed by atoms with van der Waals surface area (Å²) in [4.78, 5) is 24.0. The van der Waals surface area contributed by atoms with Gasteiger partial charge in [-0.2, -0.15) is 0 Å². The maximum absolute atomic E-state index is 12.2. The Kier molecular flexibility index (Phi) is 4.61. The summed E-state index contributed by atoms with van der Waals surface area (Å²) in [5.74, 6) is 0.224. The number of carbonyl (C=O) groups excluding carboxylic acids is 2. The first-order valence-corrected chi connectivity index (χ1v) is 7.47. The average molecular weight is 324 g/mol. The highest BCUT2D eigenvalue weighted by Gasteiger charge is 2.18. The first kappa shape index (κ1) is 15.8. The van der Waals surface area contributed by atoms with Gasteiger partial charge < -0.3 is 14.2 Å². The van der Waals surface area contributed by atoms with Crippen LogP contribution >= 0.6 is 0 Å². The second-order valence-corrected chi connectivity index (χ2v) is 5.29. The molecule has 1 heterocycles. The number of carbonyl (C=O) groups is 2. The molecule has 5 nitrogen and oxygen atoms in total. The van der Waals surface area contributed by atoms with E-state index in [0.29, 0.717) is 17.1 Å². The van der Waals surface area contributed by atoms with Gasteiger partial charge in [-0.25, -0.2) is 4.79 Å². The van der Waals surface area contributed by atoms with Gasteiger partial charge >= 0.3 is 5.97 Å². The molecule has 122 valence electrons. The highest BCUT2D eigenvalue weighted by atomic mass is 16.7. The summed E-state index contributed by atoms with van der Waals surface area (Å²) in [6.45, 7) is 1.62. The summed E-state index contributed by atoms with van der Waals surface area (Å²) in [6, 6.07) is 14.5. The van der Waals surface area contributed by atoms with Gasteiger partial charge in [-0.05, 0) is 36.3 Å². The minimum absolute atomic E-state index is 0.00945. The zero-order valence-corrected chi connectivity index (χ0v) is 13.2. The summed E-state index contributed by atoms with van der Waals surface area (Å²) in [5.41, 5.74) is 1.52. The van der Waals surface area contributed by atoms with E-state index in [1.807, 2.05) is 30.3 Å². The van der Waals surface area contributed by atoms with Gasteiger partial charge in [0, 0.05) is 0 Å². The van der Waals surface area contributed by atoms with Crippen molar-refractivity contribution in [2.45, 2.75) is 13.5 Å². The third kappa shape index (κ3) is 3.63. The smallest absolute Gasteiger partial charge is 0.342 e. The number of benzene rings is 2. The third-order valence-corrected chi connectivity index (χ3v) is 3.52. The van der Waals surface area contributed by atoms with Crippen LogP contribution in [0.1, 0.15) is 18.1 Å². The van der Waals surface area contributed by atoms with Gasteiger partial charge in [-0.15, -0.1) is 0 Å². The van der Waals surface area contributed by atoms with Crippen molar-refractivity contribution in [1.29, 1.82) is 0 Å².